The fraction of sp³-hybridized carbons (Fsp3) is 0.233. The molecule has 0 aliphatic carbocycles. The summed E-state index contributed by atoms with van der Waals surface area (Å²) in [6, 6.07) is 17.9. The summed E-state index contributed by atoms with van der Waals surface area (Å²) in [5.41, 5.74) is 1.81. The highest BCUT2D eigenvalue weighted by Crippen LogP contribution is 2.42. The molecule has 2 aliphatic heterocycles. The van der Waals surface area contributed by atoms with Gasteiger partial charge in [-0.3, -0.25) is 4.79 Å². The first-order valence-corrected chi connectivity index (χ1v) is 13.8. The molecular weight excluding hydrogens is 521 g/mol. The van der Waals surface area contributed by atoms with Crippen LogP contribution < -0.4 is 10.2 Å². The number of ketones is 1. The van der Waals surface area contributed by atoms with Gasteiger partial charge in [-0.05, 0) is 73.0 Å². The van der Waals surface area contributed by atoms with Crippen molar-refractivity contribution in [2.24, 2.45) is 0 Å². The lowest BCUT2D eigenvalue weighted by atomic mass is 9.68. The molecule has 0 atom stereocenters. The molecule has 0 radical (unpaired) electrons. The molecular formula is C30H25F3N4OS. The second-order valence-corrected chi connectivity index (χ2v) is 10.9. The van der Waals surface area contributed by atoms with Crippen LogP contribution >= 0.6 is 11.8 Å². The van der Waals surface area contributed by atoms with E-state index in [4.69, 9.17) is 9.97 Å². The summed E-state index contributed by atoms with van der Waals surface area (Å²) in [4.78, 5) is 26.6. The molecule has 198 valence electrons. The minimum atomic E-state index is -0.892. The minimum absolute atomic E-state index is 0.117. The largest absolute Gasteiger partial charge is 0.341 e. The SMILES string of the molecule is O=C(c1ccc(F)cc1)C1(c2ccc(F)cc2)CCN(c2nc3c(c(Nc4cccc(F)c4)n2)SCC3)CC1. The number of piperidine rings is 1. The van der Waals surface area contributed by atoms with Gasteiger partial charge in [0.25, 0.3) is 0 Å². The van der Waals surface area contributed by atoms with Gasteiger partial charge in [-0.2, -0.15) is 4.98 Å². The molecule has 0 unspecified atom stereocenters. The normalized spacial score (nSPS) is 16.1. The molecule has 9 heteroatoms. The second-order valence-electron chi connectivity index (χ2n) is 9.79. The molecule has 6 rings (SSSR count). The summed E-state index contributed by atoms with van der Waals surface area (Å²) in [7, 11) is 0. The Balaban J connectivity index is 1.31. The van der Waals surface area contributed by atoms with Gasteiger partial charge in [0, 0.05) is 36.5 Å². The number of rotatable bonds is 6. The number of halogens is 3. The van der Waals surface area contributed by atoms with E-state index in [2.05, 4.69) is 10.2 Å². The van der Waals surface area contributed by atoms with Crippen molar-refractivity contribution in [1.82, 2.24) is 9.97 Å². The number of aromatic nitrogens is 2. The highest BCUT2D eigenvalue weighted by Gasteiger charge is 2.44. The first-order valence-electron chi connectivity index (χ1n) is 12.8. The number of benzene rings is 3. The van der Waals surface area contributed by atoms with Gasteiger partial charge in [0.15, 0.2) is 5.78 Å². The summed E-state index contributed by atoms with van der Waals surface area (Å²) in [5.74, 6) is 0.851. The monoisotopic (exact) mass is 546 g/mol. The van der Waals surface area contributed by atoms with Crippen molar-refractivity contribution in [3.05, 3.63) is 107 Å². The highest BCUT2D eigenvalue weighted by atomic mass is 32.2. The van der Waals surface area contributed by atoms with Crippen LogP contribution in [0.25, 0.3) is 0 Å². The fourth-order valence-electron chi connectivity index (χ4n) is 5.37. The number of aryl methyl sites for hydroxylation is 1. The number of Topliss-reactive ketones (excluding diaryl/α,β-unsaturated/α-hetero) is 1. The first-order chi connectivity index (χ1) is 18.9. The predicted molar refractivity (Wildman–Crippen MR) is 146 cm³/mol. The number of hydrogen-bond donors (Lipinski definition) is 1. The van der Waals surface area contributed by atoms with Crippen molar-refractivity contribution < 1.29 is 18.0 Å². The lowest BCUT2D eigenvalue weighted by molar-refractivity contribution is 0.0854. The Bertz CT molecular complexity index is 1520. The van der Waals surface area contributed by atoms with Gasteiger partial charge < -0.3 is 10.2 Å². The molecule has 0 amide bonds. The molecule has 0 saturated carbocycles. The second kappa shape index (κ2) is 10.4. The van der Waals surface area contributed by atoms with Crippen molar-refractivity contribution in [2.45, 2.75) is 29.6 Å². The van der Waals surface area contributed by atoms with Gasteiger partial charge in [0.2, 0.25) is 5.95 Å². The van der Waals surface area contributed by atoms with Gasteiger partial charge in [0.1, 0.15) is 23.3 Å². The average molecular weight is 547 g/mol. The van der Waals surface area contributed by atoms with Gasteiger partial charge in [-0.15, -0.1) is 11.8 Å². The molecule has 39 heavy (non-hydrogen) atoms. The van der Waals surface area contributed by atoms with Crippen molar-refractivity contribution in [3.63, 3.8) is 0 Å². The van der Waals surface area contributed by atoms with Crippen LogP contribution in [0.2, 0.25) is 0 Å². The van der Waals surface area contributed by atoms with Crippen molar-refractivity contribution in [3.8, 4) is 0 Å². The Labute approximate surface area is 228 Å². The van der Waals surface area contributed by atoms with Crippen LogP contribution in [0, 0.1) is 17.5 Å². The maximum absolute atomic E-state index is 13.9. The Hall–Kier alpha value is -3.85. The number of anilines is 3. The maximum Gasteiger partial charge on any atom is 0.227 e. The van der Waals surface area contributed by atoms with E-state index in [0.717, 1.165) is 28.3 Å². The number of thioether (sulfide) groups is 1. The van der Waals surface area contributed by atoms with Crippen LogP contribution in [0.5, 0.6) is 0 Å². The zero-order valence-electron chi connectivity index (χ0n) is 21.0. The summed E-state index contributed by atoms with van der Waals surface area (Å²) < 4.78 is 41.2. The lowest BCUT2D eigenvalue weighted by Crippen LogP contribution is -2.48. The summed E-state index contributed by atoms with van der Waals surface area (Å²) in [5, 5.41) is 3.26. The lowest BCUT2D eigenvalue weighted by Gasteiger charge is -2.41. The third-order valence-corrected chi connectivity index (χ3v) is 8.56. The highest BCUT2D eigenvalue weighted by molar-refractivity contribution is 7.99. The molecule has 1 fully saturated rings. The van der Waals surface area contributed by atoms with Crippen molar-refractivity contribution >= 4 is 35.0 Å². The Kier molecular flexibility index (Phi) is 6.76. The summed E-state index contributed by atoms with van der Waals surface area (Å²) in [6.45, 7) is 0.991. The average Bonchev–Trinajstić information content (AvgIpc) is 3.43. The van der Waals surface area contributed by atoms with Crippen LogP contribution in [0.1, 0.15) is 34.5 Å². The summed E-state index contributed by atoms with van der Waals surface area (Å²) in [6.07, 6.45) is 1.72. The predicted octanol–water partition coefficient (Wildman–Crippen LogP) is 6.71. The van der Waals surface area contributed by atoms with Crippen molar-refractivity contribution in [2.75, 3.05) is 29.1 Å². The summed E-state index contributed by atoms with van der Waals surface area (Å²) >= 11 is 1.67. The van der Waals surface area contributed by atoms with Crippen LogP contribution in [0.3, 0.4) is 0 Å². The maximum atomic E-state index is 13.9. The quantitative estimate of drug-likeness (QED) is 0.272. The minimum Gasteiger partial charge on any atom is -0.341 e. The molecule has 2 aliphatic rings. The van der Waals surface area contributed by atoms with Crippen LogP contribution in [-0.2, 0) is 11.8 Å². The number of carbonyl (C=O) groups is 1. The van der Waals surface area contributed by atoms with Gasteiger partial charge in [0.05, 0.1) is 16.0 Å². The molecule has 5 nitrogen and oxygen atoms in total. The molecule has 1 aromatic heterocycles. The van der Waals surface area contributed by atoms with E-state index in [1.807, 2.05) is 0 Å². The van der Waals surface area contributed by atoms with Crippen molar-refractivity contribution in [1.29, 1.82) is 0 Å². The standard InChI is InChI=1S/C30H25F3N4OS/c31-21-8-4-19(5-9-21)27(38)30(20-6-10-22(32)11-7-20)13-15-37(16-14-30)29-35-25-12-17-39-26(25)28(36-29)34-24-3-1-2-23(33)18-24/h1-11,18H,12-17H2,(H,34,35,36). The topological polar surface area (TPSA) is 58.1 Å². The zero-order chi connectivity index (χ0) is 27.0. The van der Waals surface area contributed by atoms with E-state index < -0.39 is 11.2 Å². The molecule has 3 heterocycles. The molecule has 0 spiro atoms. The third-order valence-electron chi connectivity index (χ3n) is 7.43. The molecule has 0 bridgehead atoms. The molecule has 3 aromatic carbocycles. The molecule has 1 N–H and O–H groups in total. The smallest absolute Gasteiger partial charge is 0.227 e. The molecule has 1 saturated heterocycles. The van der Waals surface area contributed by atoms with Gasteiger partial charge in [-0.25, -0.2) is 18.2 Å². The Morgan fingerprint density at radius 1 is 0.872 bits per heavy atom. The fourth-order valence-corrected chi connectivity index (χ4v) is 6.41. The molecule has 4 aromatic rings. The Morgan fingerprint density at radius 2 is 1.56 bits per heavy atom. The Morgan fingerprint density at radius 3 is 2.26 bits per heavy atom. The van der Waals surface area contributed by atoms with Crippen LogP contribution in [0.15, 0.2) is 77.7 Å². The van der Waals surface area contributed by atoms with Gasteiger partial charge in [-0.1, -0.05) is 18.2 Å². The number of carbonyl (C=O) groups excluding carboxylic acids is 1. The number of nitrogens with zero attached hydrogens (tertiary/aromatic N) is 3. The number of nitrogens with one attached hydrogen (secondary N) is 1. The third kappa shape index (κ3) is 4.98. The van der Waals surface area contributed by atoms with E-state index >= 15 is 0 Å². The van der Waals surface area contributed by atoms with E-state index in [-0.39, 0.29) is 17.4 Å². The van der Waals surface area contributed by atoms with Crippen LogP contribution in [-0.4, -0.2) is 34.6 Å². The number of hydrogen-bond acceptors (Lipinski definition) is 6. The van der Waals surface area contributed by atoms with E-state index in [1.54, 1.807) is 36.0 Å². The van der Waals surface area contributed by atoms with E-state index in [1.165, 1.54) is 48.5 Å². The van der Waals surface area contributed by atoms with E-state index in [0.29, 0.717) is 48.9 Å². The first kappa shape index (κ1) is 25.4. The van der Waals surface area contributed by atoms with Gasteiger partial charge >= 0.3 is 0 Å². The van der Waals surface area contributed by atoms with E-state index in [9.17, 15) is 18.0 Å². The number of fused-ring (bicyclic) bond motifs is 1. The zero-order valence-corrected chi connectivity index (χ0v) is 21.8. The van der Waals surface area contributed by atoms with Crippen LogP contribution in [0.4, 0.5) is 30.6 Å².